The molecule has 8 nitrogen and oxygen atoms in total. The summed E-state index contributed by atoms with van der Waals surface area (Å²) in [6.45, 7) is 3.90. The summed E-state index contributed by atoms with van der Waals surface area (Å²) >= 11 is 0. The summed E-state index contributed by atoms with van der Waals surface area (Å²) < 4.78 is 5.22. The van der Waals surface area contributed by atoms with E-state index in [4.69, 9.17) is 9.72 Å². The van der Waals surface area contributed by atoms with Gasteiger partial charge < -0.3 is 20.7 Å². The second-order valence-corrected chi connectivity index (χ2v) is 8.59. The van der Waals surface area contributed by atoms with Crippen LogP contribution in [0.25, 0.3) is 11.4 Å². The third-order valence-electron chi connectivity index (χ3n) is 5.85. The van der Waals surface area contributed by atoms with E-state index in [-0.39, 0.29) is 0 Å². The lowest BCUT2D eigenvalue weighted by atomic mass is 9.91. The molecule has 8 heteroatoms. The molecular weight excluding hydrogens is 378 g/mol. The van der Waals surface area contributed by atoms with Gasteiger partial charge in [-0.25, -0.2) is 19.9 Å². The zero-order valence-electron chi connectivity index (χ0n) is 18.0. The Balaban J connectivity index is 1.31. The van der Waals surface area contributed by atoms with Crippen molar-refractivity contribution < 1.29 is 4.74 Å². The highest BCUT2D eigenvalue weighted by atomic mass is 16.5. The van der Waals surface area contributed by atoms with Gasteiger partial charge in [0, 0.05) is 44.0 Å². The van der Waals surface area contributed by atoms with Crippen molar-refractivity contribution in [3.63, 3.8) is 0 Å². The number of anilines is 2. The Hall–Kier alpha value is -2.32. The Morgan fingerprint density at radius 3 is 2.60 bits per heavy atom. The van der Waals surface area contributed by atoms with Crippen LogP contribution >= 0.6 is 0 Å². The minimum Gasteiger partial charge on any atom is -0.383 e. The molecular formula is C22H33N7O. The molecule has 4 rings (SSSR count). The van der Waals surface area contributed by atoms with E-state index in [1.807, 2.05) is 12.1 Å². The highest BCUT2D eigenvalue weighted by Gasteiger charge is 2.23. The van der Waals surface area contributed by atoms with E-state index in [0.717, 1.165) is 62.0 Å². The first-order valence-corrected chi connectivity index (χ1v) is 11.1. The third kappa shape index (κ3) is 6.09. The van der Waals surface area contributed by atoms with Crippen LogP contribution in [0.3, 0.4) is 0 Å². The van der Waals surface area contributed by atoms with E-state index in [1.165, 1.54) is 12.8 Å². The Labute approximate surface area is 178 Å². The molecule has 0 amide bonds. The lowest BCUT2D eigenvalue weighted by Gasteiger charge is -2.31. The van der Waals surface area contributed by atoms with Crippen molar-refractivity contribution in [2.24, 2.45) is 5.92 Å². The van der Waals surface area contributed by atoms with Crippen LogP contribution in [-0.2, 0) is 4.74 Å². The summed E-state index contributed by atoms with van der Waals surface area (Å²) in [5.74, 6) is 2.32. The van der Waals surface area contributed by atoms with Crippen LogP contribution in [-0.4, -0.2) is 58.3 Å². The lowest BCUT2D eigenvalue weighted by molar-refractivity contribution is 0.161. The minimum atomic E-state index is 0.390. The number of nitrogens with zero attached hydrogens (tertiary/aromatic N) is 4. The molecule has 0 spiro atoms. The maximum atomic E-state index is 5.22. The first-order chi connectivity index (χ1) is 14.7. The smallest absolute Gasteiger partial charge is 0.223 e. The van der Waals surface area contributed by atoms with Gasteiger partial charge in [0.1, 0.15) is 12.1 Å². The van der Waals surface area contributed by atoms with Crippen molar-refractivity contribution >= 4 is 11.8 Å². The molecule has 162 valence electrons. The molecule has 2 aromatic rings. The second kappa shape index (κ2) is 10.1. The highest BCUT2D eigenvalue weighted by Crippen LogP contribution is 2.29. The Bertz CT molecular complexity index is 806. The van der Waals surface area contributed by atoms with Crippen LogP contribution in [0.15, 0.2) is 24.7 Å². The van der Waals surface area contributed by atoms with Crippen LogP contribution in [0.1, 0.15) is 45.4 Å². The fourth-order valence-corrected chi connectivity index (χ4v) is 4.02. The highest BCUT2D eigenvalue weighted by molar-refractivity contribution is 5.59. The third-order valence-corrected chi connectivity index (χ3v) is 5.85. The average Bonchev–Trinajstić information content (AvgIpc) is 3.59. The maximum Gasteiger partial charge on any atom is 0.223 e. The molecule has 0 saturated heterocycles. The van der Waals surface area contributed by atoms with E-state index >= 15 is 0 Å². The number of rotatable bonds is 10. The van der Waals surface area contributed by atoms with E-state index in [1.54, 1.807) is 19.6 Å². The number of hydrogen-bond donors (Lipinski definition) is 3. The van der Waals surface area contributed by atoms with Gasteiger partial charge >= 0.3 is 0 Å². The number of aromatic nitrogens is 4. The molecule has 2 aliphatic rings. The van der Waals surface area contributed by atoms with Crippen LogP contribution in [0, 0.1) is 5.92 Å². The summed E-state index contributed by atoms with van der Waals surface area (Å²) in [4.78, 5) is 17.9. The molecule has 0 bridgehead atoms. The Kier molecular flexibility index (Phi) is 7.07. The molecule has 0 aliphatic heterocycles. The van der Waals surface area contributed by atoms with Gasteiger partial charge in [0.15, 0.2) is 0 Å². The standard InChI is InChI=1S/C22H33N7O/c1-15(13-30-2)27-17-5-7-18(8-6-17)28-22-23-10-9-19(29-22)20-11-21(26-14-25-20)24-12-16-3-4-16/h9-11,14-18,27H,3-8,12-13H2,1-2H3,(H,23,28,29)(H,24,25,26). The fourth-order valence-electron chi connectivity index (χ4n) is 4.02. The number of hydrogen-bond acceptors (Lipinski definition) is 8. The zero-order chi connectivity index (χ0) is 20.8. The van der Waals surface area contributed by atoms with Crippen molar-refractivity contribution in [2.45, 2.75) is 63.6 Å². The molecule has 0 aromatic carbocycles. The number of ether oxygens (including phenoxy) is 1. The summed E-state index contributed by atoms with van der Waals surface area (Å²) in [5.41, 5.74) is 1.63. The van der Waals surface area contributed by atoms with E-state index in [0.29, 0.717) is 24.1 Å². The summed E-state index contributed by atoms with van der Waals surface area (Å²) in [6, 6.07) is 5.21. The number of nitrogens with one attached hydrogen (secondary N) is 3. The van der Waals surface area contributed by atoms with Crippen molar-refractivity contribution in [2.75, 3.05) is 30.9 Å². The molecule has 2 fully saturated rings. The largest absolute Gasteiger partial charge is 0.383 e. The van der Waals surface area contributed by atoms with E-state index < -0.39 is 0 Å². The van der Waals surface area contributed by atoms with E-state index in [9.17, 15) is 0 Å². The monoisotopic (exact) mass is 411 g/mol. The molecule has 2 aromatic heterocycles. The van der Waals surface area contributed by atoms with Gasteiger partial charge in [0.2, 0.25) is 5.95 Å². The van der Waals surface area contributed by atoms with Crippen molar-refractivity contribution in [1.82, 2.24) is 25.3 Å². The Morgan fingerprint density at radius 2 is 1.83 bits per heavy atom. The average molecular weight is 412 g/mol. The van der Waals surface area contributed by atoms with Gasteiger partial charge in [-0.3, -0.25) is 0 Å². The van der Waals surface area contributed by atoms with Crippen LogP contribution in [0.5, 0.6) is 0 Å². The molecule has 1 unspecified atom stereocenters. The molecule has 2 heterocycles. The van der Waals surface area contributed by atoms with Gasteiger partial charge in [-0.15, -0.1) is 0 Å². The van der Waals surface area contributed by atoms with Crippen LogP contribution in [0.4, 0.5) is 11.8 Å². The summed E-state index contributed by atoms with van der Waals surface area (Å²) in [6.07, 6.45) is 10.5. The maximum absolute atomic E-state index is 5.22. The predicted octanol–water partition coefficient (Wildman–Crippen LogP) is 3.10. The predicted molar refractivity (Wildman–Crippen MR) is 118 cm³/mol. The molecule has 30 heavy (non-hydrogen) atoms. The topological polar surface area (TPSA) is 96.9 Å². The molecule has 0 radical (unpaired) electrons. The van der Waals surface area contributed by atoms with E-state index in [2.05, 4.69) is 37.8 Å². The van der Waals surface area contributed by atoms with Gasteiger partial charge in [-0.1, -0.05) is 0 Å². The SMILES string of the molecule is COCC(C)NC1CCC(Nc2nccc(-c3cc(NCC4CC4)ncn3)n2)CC1. The zero-order valence-corrected chi connectivity index (χ0v) is 18.0. The van der Waals surface area contributed by atoms with Crippen molar-refractivity contribution in [1.29, 1.82) is 0 Å². The van der Waals surface area contributed by atoms with Crippen molar-refractivity contribution in [3.8, 4) is 11.4 Å². The van der Waals surface area contributed by atoms with Gasteiger partial charge in [0.05, 0.1) is 18.0 Å². The molecule has 2 aliphatic carbocycles. The van der Waals surface area contributed by atoms with Crippen LogP contribution in [0.2, 0.25) is 0 Å². The Morgan fingerprint density at radius 1 is 1.03 bits per heavy atom. The summed E-state index contributed by atoms with van der Waals surface area (Å²) in [7, 11) is 1.75. The first kappa shape index (κ1) is 20.9. The minimum absolute atomic E-state index is 0.390. The van der Waals surface area contributed by atoms with Crippen molar-refractivity contribution in [3.05, 3.63) is 24.7 Å². The van der Waals surface area contributed by atoms with Gasteiger partial charge in [-0.05, 0) is 57.4 Å². The molecule has 3 N–H and O–H groups in total. The number of methoxy groups -OCH3 is 1. The van der Waals surface area contributed by atoms with Gasteiger partial charge in [-0.2, -0.15) is 0 Å². The lowest BCUT2D eigenvalue weighted by Crippen LogP contribution is -2.43. The van der Waals surface area contributed by atoms with Crippen LogP contribution < -0.4 is 16.0 Å². The quantitative estimate of drug-likeness (QED) is 0.549. The summed E-state index contributed by atoms with van der Waals surface area (Å²) in [5, 5.41) is 10.6. The molecule has 1 atom stereocenters. The second-order valence-electron chi connectivity index (χ2n) is 8.59. The molecule has 2 saturated carbocycles. The van der Waals surface area contributed by atoms with Gasteiger partial charge in [0.25, 0.3) is 0 Å². The fraction of sp³-hybridized carbons (Fsp3) is 0.636. The normalized spacial score (nSPS) is 22.5. The first-order valence-electron chi connectivity index (χ1n) is 11.1.